The van der Waals surface area contributed by atoms with Crippen LogP contribution < -0.4 is 5.32 Å². The van der Waals surface area contributed by atoms with Gasteiger partial charge >= 0.3 is 5.97 Å². The maximum absolute atomic E-state index is 12.1. The van der Waals surface area contributed by atoms with Gasteiger partial charge in [0, 0.05) is 17.8 Å². The number of hydrogen-bond acceptors (Lipinski definition) is 3. The van der Waals surface area contributed by atoms with Gasteiger partial charge in [-0.15, -0.1) is 0 Å². The van der Waals surface area contributed by atoms with Crippen LogP contribution in [0, 0.1) is 13.8 Å². The lowest BCUT2D eigenvalue weighted by atomic mass is 10.1. The summed E-state index contributed by atoms with van der Waals surface area (Å²) in [6.45, 7) is 8.13. The van der Waals surface area contributed by atoms with Crippen LogP contribution in [0.15, 0.2) is 0 Å². The monoisotopic (exact) mass is 295 g/mol. The highest BCUT2D eigenvalue weighted by atomic mass is 16.4. The van der Waals surface area contributed by atoms with E-state index in [-0.39, 0.29) is 12.3 Å². The number of hydrogen-bond donors (Lipinski definition) is 2. The number of unbranched alkanes of at least 4 members (excludes halogenated alkanes) is 2. The van der Waals surface area contributed by atoms with E-state index in [0.29, 0.717) is 17.8 Å². The summed E-state index contributed by atoms with van der Waals surface area (Å²) in [5.74, 6) is -0.976. The standard InChI is InChI=1S/C15H25N3O3/c1-5-6-7-8-16-15(21)12(4)18-11(3)13(9-14(19)20)10(2)17-18/h12H,5-9H2,1-4H3,(H,16,21)(H,19,20). The summed E-state index contributed by atoms with van der Waals surface area (Å²) < 4.78 is 1.61. The molecule has 1 atom stereocenters. The molecule has 6 nitrogen and oxygen atoms in total. The van der Waals surface area contributed by atoms with E-state index in [4.69, 9.17) is 5.11 Å². The molecule has 0 saturated heterocycles. The molecule has 1 heterocycles. The molecule has 118 valence electrons. The Labute approximate surface area is 125 Å². The normalized spacial score (nSPS) is 12.2. The second-order valence-electron chi connectivity index (χ2n) is 5.34. The highest BCUT2D eigenvalue weighted by molar-refractivity contribution is 5.80. The van der Waals surface area contributed by atoms with E-state index < -0.39 is 12.0 Å². The van der Waals surface area contributed by atoms with Crippen LogP contribution in [-0.4, -0.2) is 33.3 Å². The Bertz CT molecular complexity index is 509. The average Bonchev–Trinajstić information content (AvgIpc) is 2.70. The van der Waals surface area contributed by atoms with Crippen LogP contribution in [0.3, 0.4) is 0 Å². The first-order valence-corrected chi connectivity index (χ1v) is 7.42. The molecule has 0 fully saturated rings. The second-order valence-corrected chi connectivity index (χ2v) is 5.34. The molecule has 0 aromatic carbocycles. The highest BCUT2D eigenvalue weighted by Crippen LogP contribution is 2.18. The molecule has 1 rings (SSSR count). The van der Waals surface area contributed by atoms with E-state index >= 15 is 0 Å². The third-order valence-corrected chi connectivity index (χ3v) is 3.63. The van der Waals surface area contributed by atoms with E-state index in [1.54, 1.807) is 25.5 Å². The lowest BCUT2D eigenvalue weighted by Gasteiger charge is -2.14. The van der Waals surface area contributed by atoms with Crippen molar-refractivity contribution < 1.29 is 14.7 Å². The Kier molecular flexibility index (Phi) is 6.39. The van der Waals surface area contributed by atoms with Gasteiger partial charge in [-0.2, -0.15) is 5.10 Å². The van der Waals surface area contributed by atoms with E-state index in [0.717, 1.165) is 25.0 Å². The van der Waals surface area contributed by atoms with Crippen molar-refractivity contribution in [2.24, 2.45) is 0 Å². The first-order chi connectivity index (χ1) is 9.88. The van der Waals surface area contributed by atoms with Crippen LogP contribution in [0.25, 0.3) is 0 Å². The van der Waals surface area contributed by atoms with Gasteiger partial charge in [-0.3, -0.25) is 14.3 Å². The molecule has 0 aliphatic rings. The molecule has 1 amide bonds. The Morgan fingerprint density at radius 2 is 2.00 bits per heavy atom. The fourth-order valence-corrected chi connectivity index (χ4v) is 2.33. The zero-order valence-electron chi connectivity index (χ0n) is 13.3. The van der Waals surface area contributed by atoms with Crippen LogP contribution >= 0.6 is 0 Å². The molecular weight excluding hydrogens is 270 g/mol. The number of aryl methyl sites for hydroxylation is 1. The second kappa shape index (κ2) is 7.81. The maximum atomic E-state index is 12.1. The molecule has 2 N–H and O–H groups in total. The minimum Gasteiger partial charge on any atom is -0.481 e. The van der Waals surface area contributed by atoms with E-state index in [1.807, 2.05) is 0 Å². The van der Waals surface area contributed by atoms with Gasteiger partial charge in [0.15, 0.2) is 0 Å². The molecule has 0 bridgehead atoms. The molecule has 1 aromatic heterocycles. The van der Waals surface area contributed by atoms with Crippen LogP contribution in [0.5, 0.6) is 0 Å². The summed E-state index contributed by atoms with van der Waals surface area (Å²) in [5.41, 5.74) is 2.10. The molecule has 1 unspecified atom stereocenters. The van der Waals surface area contributed by atoms with Crippen molar-refractivity contribution in [3.8, 4) is 0 Å². The summed E-state index contributed by atoms with van der Waals surface area (Å²) in [5, 5.41) is 16.1. The van der Waals surface area contributed by atoms with Gasteiger partial charge in [-0.25, -0.2) is 0 Å². The number of carbonyl (C=O) groups is 2. The molecule has 0 aliphatic heterocycles. The van der Waals surface area contributed by atoms with E-state index in [1.165, 1.54) is 0 Å². The number of aromatic nitrogens is 2. The van der Waals surface area contributed by atoms with Gasteiger partial charge < -0.3 is 10.4 Å². The minimum absolute atomic E-state index is 0.0670. The molecule has 6 heteroatoms. The first-order valence-electron chi connectivity index (χ1n) is 7.42. The number of carbonyl (C=O) groups excluding carboxylic acids is 1. The lowest BCUT2D eigenvalue weighted by molar-refractivity contribution is -0.136. The summed E-state index contributed by atoms with van der Waals surface area (Å²) in [4.78, 5) is 23.0. The van der Waals surface area contributed by atoms with Crippen molar-refractivity contribution in [2.45, 2.75) is 59.4 Å². The smallest absolute Gasteiger partial charge is 0.307 e. The SMILES string of the molecule is CCCCCNC(=O)C(C)n1nc(C)c(CC(=O)O)c1C. The van der Waals surface area contributed by atoms with Gasteiger partial charge in [0.2, 0.25) is 5.91 Å². The van der Waals surface area contributed by atoms with E-state index in [2.05, 4.69) is 17.3 Å². The number of nitrogens with zero attached hydrogens (tertiary/aromatic N) is 2. The summed E-state index contributed by atoms with van der Waals surface area (Å²) in [7, 11) is 0. The van der Waals surface area contributed by atoms with Gasteiger partial charge in [0.1, 0.15) is 6.04 Å². The third kappa shape index (κ3) is 4.58. The quantitative estimate of drug-likeness (QED) is 0.718. The summed E-state index contributed by atoms with van der Waals surface area (Å²) >= 11 is 0. The number of aliphatic carboxylic acids is 1. The number of nitrogens with one attached hydrogen (secondary N) is 1. The van der Waals surface area contributed by atoms with Crippen molar-refractivity contribution >= 4 is 11.9 Å². The molecule has 0 saturated carbocycles. The summed E-state index contributed by atoms with van der Waals surface area (Å²) in [6, 6.07) is -0.437. The van der Waals surface area contributed by atoms with Crippen LogP contribution in [0.2, 0.25) is 0 Å². The van der Waals surface area contributed by atoms with Gasteiger partial charge in [-0.1, -0.05) is 19.8 Å². The average molecular weight is 295 g/mol. The molecule has 0 spiro atoms. The molecule has 1 aromatic rings. The molecule has 21 heavy (non-hydrogen) atoms. The predicted octanol–water partition coefficient (Wildman–Crippen LogP) is 1.99. The Hall–Kier alpha value is -1.85. The van der Waals surface area contributed by atoms with Crippen molar-refractivity contribution in [3.63, 3.8) is 0 Å². The fraction of sp³-hybridized carbons (Fsp3) is 0.667. The Morgan fingerprint density at radius 3 is 2.57 bits per heavy atom. The first kappa shape index (κ1) is 17.2. The molecule has 0 radical (unpaired) electrons. The number of carboxylic acids is 1. The van der Waals surface area contributed by atoms with Gasteiger partial charge in [0.05, 0.1) is 12.1 Å². The van der Waals surface area contributed by atoms with Crippen molar-refractivity contribution in [2.75, 3.05) is 6.54 Å². The summed E-state index contributed by atoms with van der Waals surface area (Å²) in [6.07, 6.45) is 3.11. The van der Waals surface area contributed by atoms with Crippen molar-refractivity contribution in [1.29, 1.82) is 0 Å². The zero-order chi connectivity index (χ0) is 16.0. The molecular formula is C15H25N3O3. The van der Waals surface area contributed by atoms with E-state index in [9.17, 15) is 9.59 Å². The van der Waals surface area contributed by atoms with Crippen LogP contribution in [0.1, 0.15) is 56.1 Å². The predicted molar refractivity (Wildman–Crippen MR) is 80.3 cm³/mol. The van der Waals surface area contributed by atoms with Crippen LogP contribution in [-0.2, 0) is 16.0 Å². The third-order valence-electron chi connectivity index (χ3n) is 3.63. The van der Waals surface area contributed by atoms with Crippen LogP contribution in [0.4, 0.5) is 0 Å². The zero-order valence-corrected chi connectivity index (χ0v) is 13.3. The fourth-order valence-electron chi connectivity index (χ4n) is 2.33. The largest absolute Gasteiger partial charge is 0.481 e. The topological polar surface area (TPSA) is 84.2 Å². The molecule has 0 aliphatic carbocycles. The minimum atomic E-state index is -0.891. The highest BCUT2D eigenvalue weighted by Gasteiger charge is 2.21. The Balaban J connectivity index is 2.76. The lowest BCUT2D eigenvalue weighted by Crippen LogP contribution is -2.32. The number of rotatable bonds is 8. The maximum Gasteiger partial charge on any atom is 0.307 e. The number of carboxylic acid groups (broad SMARTS) is 1. The van der Waals surface area contributed by atoms with Gasteiger partial charge in [0.25, 0.3) is 0 Å². The van der Waals surface area contributed by atoms with Crippen molar-refractivity contribution in [1.82, 2.24) is 15.1 Å². The van der Waals surface area contributed by atoms with Crippen molar-refractivity contribution in [3.05, 3.63) is 17.0 Å². The number of amides is 1. The Morgan fingerprint density at radius 1 is 1.33 bits per heavy atom. The van der Waals surface area contributed by atoms with Gasteiger partial charge in [-0.05, 0) is 27.2 Å².